The van der Waals surface area contributed by atoms with Crippen molar-refractivity contribution in [2.45, 2.75) is 32.4 Å². The van der Waals surface area contributed by atoms with Gasteiger partial charge in [-0.05, 0) is 31.9 Å². The second-order valence-corrected chi connectivity index (χ2v) is 8.70. The Morgan fingerprint density at radius 3 is 2.55 bits per heavy atom. The van der Waals surface area contributed by atoms with Gasteiger partial charge in [-0.2, -0.15) is 0 Å². The normalized spacial score (nSPS) is 17.5. The Morgan fingerprint density at radius 2 is 1.85 bits per heavy atom. The van der Waals surface area contributed by atoms with Crippen LogP contribution in [0.3, 0.4) is 0 Å². The Balaban J connectivity index is 1.56. The SMILES string of the molecule is Cc1ncc(-c2ccc3ncc4c(c3n2)N(C2CCN(CC(N)=O)CC2)C(=O)N(C)C4)cn1. The van der Waals surface area contributed by atoms with Crippen molar-refractivity contribution >= 4 is 28.7 Å². The summed E-state index contributed by atoms with van der Waals surface area (Å²) in [7, 11) is 1.80. The van der Waals surface area contributed by atoms with Crippen LogP contribution in [0.15, 0.2) is 30.7 Å². The molecule has 10 nitrogen and oxygen atoms in total. The summed E-state index contributed by atoms with van der Waals surface area (Å²) >= 11 is 0. The topological polar surface area (TPSA) is 121 Å². The molecule has 0 spiro atoms. The molecule has 2 aliphatic rings. The lowest BCUT2D eigenvalue weighted by atomic mass is 9.99. The molecule has 10 heteroatoms. The van der Waals surface area contributed by atoms with Crippen LogP contribution in [0.1, 0.15) is 24.2 Å². The van der Waals surface area contributed by atoms with Crippen LogP contribution in [-0.2, 0) is 11.3 Å². The molecule has 1 saturated heterocycles. The van der Waals surface area contributed by atoms with Crippen molar-refractivity contribution in [3.05, 3.63) is 42.1 Å². The summed E-state index contributed by atoms with van der Waals surface area (Å²) in [4.78, 5) is 48.4. The number of rotatable bonds is 4. The summed E-state index contributed by atoms with van der Waals surface area (Å²) in [6, 6.07) is 3.78. The number of aromatic nitrogens is 4. The van der Waals surface area contributed by atoms with E-state index in [4.69, 9.17) is 10.7 Å². The second-order valence-electron chi connectivity index (χ2n) is 8.70. The van der Waals surface area contributed by atoms with Crippen LogP contribution in [-0.4, -0.2) is 74.4 Å². The van der Waals surface area contributed by atoms with E-state index >= 15 is 0 Å². The lowest BCUT2D eigenvalue weighted by Gasteiger charge is -2.43. The quantitative estimate of drug-likeness (QED) is 0.647. The number of carbonyl (C=O) groups excluding carboxylic acids is 2. The van der Waals surface area contributed by atoms with E-state index in [2.05, 4.69) is 15.0 Å². The molecule has 2 aliphatic heterocycles. The largest absolute Gasteiger partial charge is 0.369 e. The molecule has 0 saturated carbocycles. The van der Waals surface area contributed by atoms with Crippen LogP contribution in [0, 0.1) is 6.92 Å². The Hall–Kier alpha value is -3.66. The summed E-state index contributed by atoms with van der Waals surface area (Å²) in [5, 5.41) is 0. The number of urea groups is 1. The first-order chi connectivity index (χ1) is 15.9. The number of nitrogens with zero attached hydrogens (tertiary/aromatic N) is 7. The van der Waals surface area contributed by atoms with Gasteiger partial charge >= 0.3 is 6.03 Å². The van der Waals surface area contributed by atoms with Gasteiger partial charge in [0, 0.05) is 55.9 Å². The van der Waals surface area contributed by atoms with Crippen molar-refractivity contribution in [2.24, 2.45) is 5.73 Å². The standard InChI is InChI=1S/C23H26N8O2/c1-14-25-9-15(10-26-14)18-3-4-19-21(28-18)22-16(11-27-19)12-29(2)23(33)31(22)17-5-7-30(8-6-17)13-20(24)32/h3-4,9-11,17H,5-8,12-13H2,1-2H3,(H2,24,32). The van der Waals surface area contributed by atoms with E-state index in [1.807, 2.05) is 35.1 Å². The molecule has 0 atom stereocenters. The summed E-state index contributed by atoms with van der Waals surface area (Å²) in [6.45, 7) is 3.98. The maximum atomic E-state index is 13.4. The molecule has 0 aliphatic carbocycles. The minimum Gasteiger partial charge on any atom is -0.369 e. The number of aryl methyl sites for hydroxylation is 1. The van der Waals surface area contributed by atoms with E-state index in [1.165, 1.54) is 0 Å². The number of hydrogen-bond donors (Lipinski definition) is 1. The van der Waals surface area contributed by atoms with E-state index in [1.54, 1.807) is 24.3 Å². The summed E-state index contributed by atoms with van der Waals surface area (Å²) in [5.74, 6) is 0.363. The molecule has 0 unspecified atom stereocenters. The molecule has 0 aromatic carbocycles. The first kappa shape index (κ1) is 21.2. The zero-order valence-corrected chi connectivity index (χ0v) is 18.7. The average molecular weight is 447 g/mol. The fourth-order valence-electron chi connectivity index (χ4n) is 4.66. The van der Waals surface area contributed by atoms with E-state index < -0.39 is 0 Å². The molecule has 2 N–H and O–H groups in total. The molecule has 5 heterocycles. The van der Waals surface area contributed by atoms with Crippen LogP contribution >= 0.6 is 0 Å². The highest BCUT2D eigenvalue weighted by Crippen LogP contribution is 2.37. The van der Waals surface area contributed by atoms with Crippen LogP contribution < -0.4 is 10.6 Å². The van der Waals surface area contributed by atoms with Crippen molar-refractivity contribution in [1.82, 2.24) is 29.7 Å². The van der Waals surface area contributed by atoms with Crippen molar-refractivity contribution in [1.29, 1.82) is 0 Å². The number of amides is 3. The number of fused-ring (bicyclic) bond motifs is 3. The van der Waals surface area contributed by atoms with Gasteiger partial charge in [-0.25, -0.2) is 19.7 Å². The number of likely N-dealkylation sites (tertiary alicyclic amines) is 1. The lowest BCUT2D eigenvalue weighted by Crippen LogP contribution is -2.54. The molecule has 3 amide bonds. The fourth-order valence-corrected chi connectivity index (χ4v) is 4.66. The molecule has 1 fully saturated rings. The molecule has 0 bridgehead atoms. The first-order valence-electron chi connectivity index (χ1n) is 11.0. The van der Waals surface area contributed by atoms with Gasteiger partial charge in [-0.3, -0.25) is 19.6 Å². The lowest BCUT2D eigenvalue weighted by molar-refractivity contribution is -0.119. The van der Waals surface area contributed by atoms with Gasteiger partial charge in [-0.15, -0.1) is 0 Å². The monoisotopic (exact) mass is 446 g/mol. The predicted octanol–water partition coefficient (Wildman–Crippen LogP) is 1.72. The zero-order chi connectivity index (χ0) is 23.1. The Labute approximate surface area is 191 Å². The van der Waals surface area contributed by atoms with Crippen molar-refractivity contribution in [3.63, 3.8) is 0 Å². The molecular formula is C23H26N8O2. The van der Waals surface area contributed by atoms with Gasteiger partial charge in [0.25, 0.3) is 0 Å². The fraction of sp³-hybridized carbons (Fsp3) is 0.391. The summed E-state index contributed by atoms with van der Waals surface area (Å²) in [5.41, 5.74) is 10.1. The Morgan fingerprint density at radius 1 is 1.12 bits per heavy atom. The van der Waals surface area contributed by atoms with E-state index in [-0.39, 0.29) is 24.5 Å². The number of anilines is 1. The van der Waals surface area contributed by atoms with Crippen LogP contribution in [0.25, 0.3) is 22.3 Å². The minimum absolute atomic E-state index is 0.00175. The zero-order valence-electron chi connectivity index (χ0n) is 18.7. The van der Waals surface area contributed by atoms with Crippen molar-refractivity contribution < 1.29 is 9.59 Å². The van der Waals surface area contributed by atoms with Gasteiger partial charge in [0.15, 0.2) is 0 Å². The molecule has 3 aromatic rings. The van der Waals surface area contributed by atoms with Crippen molar-refractivity contribution in [3.8, 4) is 11.3 Å². The van der Waals surface area contributed by atoms with Gasteiger partial charge in [0.1, 0.15) is 11.3 Å². The van der Waals surface area contributed by atoms with Gasteiger partial charge in [0.05, 0.1) is 30.0 Å². The molecule has 33 heavy (non-hydrogen) atoms. The van der Waals surface area contributed by atoms with E-state index in [0.29, 0.717) is 31.0 Å². The maximum Gasteiger partial charge on any atom is 0.324 e. The number of primary amides is 1. The highest BCUT2D eigenvalue weighted by atomic mass is 16.2. The van der Waals surface area contributed by atoms with E-state index in [0.717, 1.165) is 40.9 Å². The van der Waals surface area contributed by atoms with Crippen LogP contribution in [0.4, 0.5) is 10.5 Å². The smallest absolute Gasteiger partial charge is 0.324 e. The minimum atomic E-state index is -0.332. The van der Waals surface area contributed by atoms with E-state index in [9.17, 15) is 9.59 Å². The molecule has 170 valence electrons. The molecule has 0 radical (unpaired) electrons. The second kappa shape index (κ2) is 8.36. The molecule has 5 rings (SSSR count). The number of piperidine rings is 1. The number of pyridine rings is 2. The van der Waals surface area contributed by atoms with Crippen LogP contribution in [0.2, 0.25) is 0 Å². The molecule has 3 aromatic heterocycles. The summed E-state index contributed by atoms with van der Waals surface area (Å²) in [6.07, 6.45) is 6.85. The third kappa shape index (κ3) is 3.97. The number of hydrogen-bond acceptors (Lipinski definition) is 7. The molecular weight excluding hydrogens is 420 g/mol. The highest BCUT2D eigenvalue weighted by Gasteiger charge is 2.37. The van der Waals surface area contributed by atoms with Crippen molar-refractivity contribution in [2.75, 3.05) is 31.6 Å². The van der Waals surface area contributed by atoms with Gasteiger partial charge in [0.2, 0.25) is 5.91 Å². The number of carbonyl (C=O) groups is 2. The summed E-state index contributed by atoms with van der Waals surface area (Å²) < 4.78 is 0. The van der Waals surface area contributed by atoms with Gasteiger partial charge in [-0.1, -0.05) is 0 Å². The first-order valence-corrected chi connectivity index (χ1v) is 11.0. The Bertz CT molecular complexity index is 1220. The van der Waals surface area contributed by atoms with Crippen LogP contribution in [0.5, 0.6) is 0 Å². The predicted molar refractivity (Wildman–Crippen MR) is 123 cm³/mol. The Kier molecular flexibility index (Phi) is 5.37. The highest BCUT2D eigenvalue weighted by molar-refractivity contribution is 6.04. The third-order valence-electron chi connectivity index (χ3n) is 6.32. The maximum absolute atomic E-state index is 13.4. The average Bonchev–Trinajstić information content (AvgIpc) is 2.80. The third-order valence-corrected chi connectivity index (χ3v) is 6.32. The number of nitrogens with two attached hydrogens (primary N) is 1. The van der Waals surface area contributed by atoms with Gasteiger partial charge < -0.3 is 10.6 Å².